The third kappa shape index (κ3) is 5.74. The number of anilines is 1. The van der Waals surface area contributed by atoms with Gasteiger partial charge in [0.1, 0.15) is 0 Å². The Hall–Kier alpha value is -3.11. The molecule has 162 valence electrons. The number of aromatic nitrogens is 1. The molecule has 1 amide bonds. The number of fused-ring (bicyclic) bond motifs is 1. The summed E-state index contributed by atoms with van der Waals surface area (Å²) in [5.41, 5.74) is 2.86. The molecule has 2 unspecified atom stereocenters. The van der Waals surface area contributed by atoms with E-state index in [0.717, 1.165) is 63.4 Å². The van der Waals surface area contributed by atoms with Gasteiger partial charge in [0.05, 0.1) is 18.2 Å². The lowest BCUT2D eigenvalue weighted by atomic mass is 10.0. The van der Waals surface area contributed by atoms with Crippen molar-refractivity contribution in [3.8, 4) is 6.07 Å². The first kappa shape index (κ1) is 21.1. The maximum Gasteiger partial charge on any atom is 0.409 e. The SMILES string of the molecule is N#Cc1ccc(NCCCN2CC3CN(C(=O)OCCc4ccncc4)CC3C2)cc1. The largest absolute Gasteiger partial charge is 0.449 e. The van der Waals surface area contributed by atoms with Gasteiger partial charge in [0.2, 0.25) is 0 Å². The minimum absolute atomic E-state index is 0.179. The molecule has 3 heterocycles. The van der Waals surface area contributed by atoms with E-state index < -0.39 is 0 Å². The molecule has 2 saturated heterocycles. The molecule has 7 nitrogen and oxygen atoms in total. The van der Waals surface area contributed by atoms with Crippen LogP contribution < -0.4 is 5.32 Å². The van der Waals surface area contributed by atoms with Crippen LogP contribution in [0.25, 0.3) is 0 Å². The Morgan fingerprint density at radius 2 is 1.81 bits per heavy atom. The van der Waals surface area contributed by atoms with E-state index in [-0.39, 0.29) is 6.09 Å². The Morgan fingerprint density at radius 1 is 1.10 bits per heavy atom. The lowest BCUT2D eigenvalue weighted by Crippen LogP contribution is -2.34. The van der Waals surface area contributed by atoms with Crippen molar-refractivity contribution in [2.24, 2.45) is 11.8 Å². The number of carbonyl (C=O) groups is 1. The first-order chi connectivity index (χ1) is 15.2. The number of rotatable bonds is 8. The summed E-state index contributed by atoms with van der Waals surface area (Å²) in [5, 5.41) is 12.3. The van der Waals surface area contributed by atoms with Gasteiger partial charge in [0, 0.05) is 57.2 Å². The first-order valence-electron chi connectivity index (χ1n) is 11.0. The predicted molar refractivity (Wildman–Crippen MR) is 119 cm³/mol. The van der Waals surface area contributed by atoms with Crippen LogP contribution in [0.2, 0.25) is 0 Å². The highest BCUT2D eigenvalue weighted by Gasteiger charge is 2.41. The highest BCUT2D eigenvalue weighted by Crippen LogP contribution is 2.31. The standard InChI is InChI=1S/C24H29N5O2/c25-14-20-2-4-23(5-3-20)27-9-1-12-28-15-21-17-29(18-22(21)16-28)24(30)31-13-8-19-6-10-26-11-7-19/h2-7,10-11,21-22,27H,1,8-9,12-13,15-18H2. The fourth-order valence-electron chi connectivity index (χ4n) is 4.52. The van der Waals surface area contributed by atoms with Crippen LogP contribution in [-0.2, 0) is 11.2 Å². The van der Waals surface area contributed by atoms with Gasteiger partial charge in [-0.05, 0) is 66.8 Å². The minimum atomic E-state index is -0.179. The van der Waals surface area contributed by atoms with Crippen LogP contribution in [0.15, 0.2) is 48.8 Å². The summed E-state index contributed by atoms with van der Waals surface area (Å²) in [4.78, 5) is 20.8. The van der Waals surface area contributed by atoms with Gasteiger partial charge < -0.3 is 19.9 Å². The van der Waals surface area contributed by atoms with Crippen LogP contribution in [0.5, 0.6) is 0 Å². The lowest BCUT2D eigenvalue weighted by Gasteiger charge is -2.21. The van der Waals surface area contributed by atoms with Crippen molar-refractivity contribution in [1.29, 1.82) is 5.26 Å². The van der Waals surface area contributed by atoms with Gasteiger partial charge in [0.25, 0.3) is 0 Å². The molecule has 2 atom stereocenters. The minimum Gasteiger partial charge on any atom is -0.449 e. The molecule has 7 heteroatoms. The van der Waals surface area contributed by atoms with E-state index in [9.17, 15) is 4.79 Å². The number of ether oxygens (including phenoxy) is 1. The zero-order chi connectivity index (χ0) is 21.5. The van der Waals surface area contributed by atoms with Gasteiger partial charge >= 0.3 is 6.09 Å². The first-order valence-corrected chi connectivity index (χ1v) is 11.0. The molecular weight excluding hydrogens is 390 g/mol. The molecule has 1 aromatic carbocycles. The topological polar surface area (TPSA) is 81.5 Å². The summed E-state index contributed by atoms with van der Waals surface area (Å²) in [6.45, 7) is 6.11. The molecule has 2 aromatic rings. The summed E-state index contributed by atoms with van der Waals surface area (Å²) >= 11 is 0. The number of hydrogen-bond acceptors (Lipinski definition) is 6. The molecule has 31 heavy (non-hydrogen) atoms. The molecule has 4 rings (SSSR count). The number of amides is 1. The predicted octanol–water partition coefficient (Wildman–Crippen LogP) is 3.00. The maximum atomic E-state index is 12.4. The maximum absolute atomic E-state index is 12.4. The third-order valence-corrected chi connectivity index (χ3v) is 6.18. The molecule has 0 spiro atoms. The molecule has 0 saturated carbocycles. The molecule has 1 aromatic heterocycles. The average molecular weight is 420 g/mol. The smallest absolute Gasteiger partial charge is 0.409 e. The van der Waals surface area contributed by atoms with Crippen LogP contribution in [0.3, 0.4) is 0 Å². The van der Waals surface area contributed by atoms with Crippen LogP contribution in [-0.4, -0.2) is 66.8 Å². The Bertz CT molecular complexity index is 882. The monoisotopic (exact) mass is 419 g/mol. The van der Waals surface area contributed by atoms with Crippen molar-refractivity contribution in [1.82, 2.24) is 14.8 Å². The lowest BCUT2D eigenvalue weighted by molar-refractivity contribution is 0.107. The second kappa shape index (κ2) is 10.3. The van der Waals surface area contributed by atoms with Crippen LogP contribution in [0.1, 0.15) is 17.5 Å². The van der Waals surface area contributed by atoms with Gasteiger partial charge in [-0.2, -0.15) is 5.26 Å². The van der Waals surface area contributed by atoms with Crippen LogP contribution >= 0.6 is 0 Å². The summed E-state index contributed by atoms with van der Waals surface area (Å²) < 4.78 is 5.48. The molecule has 0 aliphatic carbocycles. The molecular formula is C24H29N5O2. The molecule has 0 radical (unpaired) electrons. The summed E-state index contributed by atoms with van der Waals surface area (Å²) in [6, 6.07) is 13.6. The quantitative estimate of drug-likeness (QED) is 0.663. The second-order valence-electron chi connectivity index (χ2n) is 8.37. The fraction of sp³-hybridized carbons (Fsp3) is 0.458. The third-order valence-electron chi connectivity index (χ3n) is 6.18. The van der Waals surface area contributed by atoms with Crippen molar-refractivity contribution >= 4 is 11.8 Å². The zero-order valence-electron chi connectivity index (χ0n) is 17.7. The number of nitrogens with one attached hydrogen (secondary N) is 1. The Kier molecular flexibility index (Phi) is 7.00. The van der Waals surface area contributed by atoms with Gasteiger partial charge in [-0.25, -0.2) is 4.79 Å². The number of hydrogen-bond donors (Lipinski definition) is 1. The van der Waals surface area contributed by atoms with E-state index in [1.165, 1.54) is 0 Å². The normalized spacial score (nSPS) is 20.3. The molecule has 2 aliphatic rings. The van der Waals surface area contributed by atoms with Crippen molar-refractivity contribution in [3.63, 3.8) is 0 Å². The van der Waals surface area contributed by atoms with Gasteiger partial charge in [-0.1, -0.05) is 0 Å². The van der Waals surface area contributed by atoms with Crippen molar-refractivity contribution in [2.75, 3.05) is 51.2 Å². The number of benzene rings is 1. The van der Waals surface area contributed by atoms with E-state index in [1.807, 2.05) is 41.3 Å². The fourth-order valence-corrected chi connectivity index (χ4v) is 4.52. The summed E-state index contributed by atoms with van der Waals surface area (Å²) in [5.74, 6) is 1.11. The second-order valence-corrected chi connectivity index (χ2v) is 8.37. The Labute approximate surface area is 183 Å². The molecule has 1 N–H and O–H groups in total. The highest BCUT2D eigenvalue weighted by molar-refractivity contribution is 5.68. The van der Waals surface area contributed by atoms with Gasteiger partial charge in [-0.15, -0.1) is 0 Å². The Morgan fingerprint density at radius 3 is 2.48 bits per heavy atom. The zero-order valence-corrected chi connectivity index (χ0v) is 17.7. The number of nitrogens with zero attached hydrogens (tertiary/aromatic N) is 4. The molecule has 2 aliphatic heterocycles. The molecule has 2 fully saturated rings. The Balaban J connectivity index is 1.11. The van der Waals surface area contributed by atoms with Crippen molar-refractivity contribution < 1.29 is 9.53 Å². The van der Waals surface area contributed by atoms with E-state index in [4.69, 9.17) is 10.00 Å². The highest BCUT2D eigenvalue weighted by atomic mass is 16.6. The number of pyridine rings is 1. The number of likely N-dealkylation sites (tertiary alicyclic amines) is 2. The van der Waals surface area contributed by atoms with E-state index >= 15 is 0 Å². The number of carbonyl (C=O) groups excluding carboxylic acids is 1. The van der Waals surface area contributed by atoms with E-state index in [0.29, 0.717) is 24.0 Å². The van der Waals surface area contributed by atoms with Crippen LogP contribution in [0.4, 0.5) is 10.5 Å². The average Bonchev–Trinajstić information content (AvgIpc) is 3.37. The van der Waals surface area contributed by atoms with Crippen molar-refractivity contribution in [3.05, 3.63) is 59.9 Å². The van der Waals surface area contributed by atoms with Crippen molar-refractivity contribution in [2.45, 2.75) is 12.8 Å². The van der Waals surface area contributed by atoms with Crippen LogP contribution in [0, 0.1) is 23.2 Å². The molecule has 0 bridgehead atoms. The van der Waals surface area contributed by atoms with E-state index in [2.05, 4.69) is 21.3 Å². The van der Waals surface area contributed by atoms with Gasteiger partial charge in [-0.3, -0.25) is 4.98 Å². The summed E-state index contributed by atoms with van der Waals surface area (Å²) in [7, 11) is 0. The summed E-state index contributed by atoms with van der Waals surface area (Å²) in [6.07, 6.45) is 5.13. The number of nitriles is 1. The van der Waals surface area contributed by atoms with E-state index in [1.54, 1.807) is 12.4 Å². The van der Waals surface area contributed by atoms with Gasteiger partial charge in [0.15, 0.2) is 0 Å².